The summed E-state index contributed by atoms with van der Waals surface area (Å²) in [6.07, 6.45) is 16.8. The number of nitrogen functional groups attached to an aromatic ring is 1. The lowest BCUT2D eigenvalue weighted by Gasteiger charge is -2.28. The summed E-state index contributed by atoms with van der Waals surface area (Å²) >= 11 is 0. The van der Waals surface area contributed by atoms with Crippen molar-refractivity contribution in [2.75, 3.05) is 11.1 Å². The van der Waals surface area contributed by atoms with E-state index in [2.05, 4.69) is 115 Å². The Morgan fingerprint density at radius 2 is 1.50 bits per heavy atom. The molecule has 0 radical (unpaired) electrons. The predicted octanol–water partition coefficient (Wildman–Crippen LogP) is 13.2. The Morgan fingerprint density at radius 3 is 2.00 bits per heavy atom. The first-order chi connectivity index (χ1) is 21.0. The van der Waals surface area contributed by atoms with Gasteiger partial charge in [0.15, 0.2) is 0 Å². The van der Waals surface area contributed by atoms with Gasteiger partial charge in [-0.25, -0.2) is 0 Å². The van der Waals surface area contributed by atoms with Crippen LogP contribution in [0.25, 0.3) is 16.7 Å². The second kappa shape index (κ2) is 20.7. The predicted molar refractivity (Wildman–Crippen MR) is 203 cm³/mol. The monoisotopic (exact) mass is 597 g/mol. The molecule has 2 nitrogen and oxygen atoms in total. The fourth-order valence-corrected chi connectivity index (χ4v) is 5.64. The smallest absolute Gasteiger partial charge is 0.0576 e. The minimum absolute atomic E-state index is 0.516. The highest BCUT2D eigenvalue weighted by Crippen LogP contribution is 2.33. The standard InChI is InChI=1S/C34H44N2.C6H14.C2H6/c1-9-10-32(29-14-18-34(33(35)21-29)36-30-15-11-23(4)12-16-30)27(8)24(5)19-25(6)31-17-13-28(22(2)3)20-26(31)7;1-3-5-6-4-2;1-2/h9-10,13-14,17-21,23,30,36H,1-2,11-12,15-16,35H2,3-8H3;3-6H2,1-2H3;1-2H3/b25-19+,27-24+,32-10+;;. The number of allylic oxidation sites excluding steroid dienone is 8. The van der Waals surface area contributed by atoms with Crippen LogP contribution in [0.4, 0.5) is 11.4 Å². The van der Waals surface area contributed by atoms with Crippen LogP contribution in [0.5, 0.6) is 0 Å². The lowest BCUT2D eigenvalue weighted by Crippen LogP contribution is -2.25. The zero-order chi connectivity index (χ0) is 33.2. The fourth-order valence-electron chi connectivity index (χ4n) is 5.64. The third-order valence-electron chi connectivity index (χ3n) is 8.55. The molecule has 1 saturated carbocycles. The summed E-state index contributed by atoms with van der Waals surface area (Å²) in [5, 5.41) is 3.69. The van der Waals surface area contributed by atoms with E-state index in [0.717, 1.165) is 34.0 Å². The van der Waals surface area contributed by atoms with Crippen molar-refractivity contribution in [3.05, 3.63) is 101 Å². The maximum absolute atomic E-state index is 6.53. The van der Waals surface area contributed by atoms with Crippen molar-refractivity contribution >= 4 is 28.1 Å². The molecule has 3 N–H and O–H groups in total. The molecule has 2 aromatic rings. The van der Waals surface area contributed by atoms with Crippen LogP contribution in [0.15, 0.2) is 78.9 Å². The second-order valence-electron chi connectivity index (χ2n) is 12.4. The molecule has 0 saturated heterocycles. The highest BCUT2D eigenvalue weighted by molar-refractivity contribution is 5.85. The lowest BCUT2D eigenvalue weighted by atomic mass is 9.87. The van der Waals surface area contributed by atoms with E-state index in [1.807, 2.05) is 26.8 Å². The van der Waals surface area contributed by atoms with Gasteiger partial charge in [0.05, 0.1) is 11.4 Å². The van der Waals surface area contributed by atoms with Crippen LogP contribution in [0.3, 0.4) is 0 Å². The van der Waals surface area contributed by atoms with Crippen molar-refractivity contribution in [3.8, 4) is 0 Å². The molecular formula is C42H64N2. The van der Waals surface area contributed by atoms with E-state index >= 15 is 0 Å². The number of anilines is 2. The van der Waals surface area contributed by atoms with Gasteiger partial charge in [0.1, 0.15) is 0 Å². The van der Waals surface area contributed by atoms with E-state index in [0.29, 0.717) is 6.04 Å². The average Bonchev–Trinajstić information content (AvgIpc) is 3.01. The van der Waals surface area contributed by atoms with Crippen molar-refractivity contribution in [2.24, 2.45) is 5.92 Å². The molecule has 0 unspecified atom stereocenters. The molecule has 0 aromatic heterocycles. The van der Waals surface area contributed by atoms with Gasteiger partial charge in [0.25, 0.3) is 0 Å². The maximum Gasteiger partial charge on any atom is 0.0576 e. The zero-order valence-corrected chi connectivity index (χ0v) is 30.0. The molecule has 2 heteroatoms. The Kier molecular flexibility index (Phi) is 18.2. The number of benzene rings is 2. The fraction of sp³-hybridized carbons (Fsp3) is 0.476. The molecule has 0 aliphatic heterocycles. The van der Waals surface area contributed by atoms with Crippen LogP contribution in [0, 0.1) is 12.8 Å². The van der Waals surface area contributed by atoms with E-state index in [1.165, 1.54) is 84.8 Å². The minimum atomic E-state index is 0.516. The van der Waals surface area contributed by atoms with Crippen LogP contribution in [0.1, 0.15) is 136 Å². The summed E-state index contributed by atoms with van der Waals surface area (Å²) in [6.45, 7) is 29.6. The van der Waals surface area contributed by atoms with E-state index in [9.17, 15) is 0 Å². The molecular weight excluding hydrogens is 532 g/mol. The van der Waals surface area contributed by atoms with E-state index < -0.39 is 0 Å². The number of hydrogen-bond donors (Lipinski definition) is 2. The molecule has 0 amide bonds. The second-order valence-corrected chi connectivity index (χ2v) is 12.4. The van der Waals surface area contributed by atoms with Crippen LogP contribution < -0.4 is 11.1 Å². The highest BCUT2D eigenvalue weighted by atomic mass is 14.9. The molecule has 0 bridgehead atoms. The summed E-state index contributed by atoms with van der Waals surface area (Å²) in [7, 11) is 0. The van der Waals surface area contributed by atoms with Gasteiger partial charge in [-0.15, -0.1) is 0 Å². The first-order valence-electron chi connectivity index (χ1n) is 17.1. The molecule has 0 atom stereocenters. The van der Waals surface area contributed by atoms with Gasteiger partial charge in [0.2, 0.25) is 0 Å². The van der Waals surface area contributed by atoms with Crippen LogP contribution in [0.2, 0.25) is 0 Å². The van der Waals surface area contributed by atoms with Crippen molar-refractivity contribution in [3.63, 3.8) is 0 Å². The zero-order valence-electron chi connectivity index (χ0n) is 30.0. The number of nitrogens with two attached hydrogens (primary N) is 1. The van der Waals surface area contributed by atoms with Gasteiger partial charge in [-0.1, -0.05) is 122 Å². The number of aryl methyl sites for hydroxylation is 1. The quantitative estimate of drug-likeness (QED) is 0.154. The normalized spacial score (nSPS) is 17.3. The van der Waals surface area contributed by atoms with Crippen LogP contribution in [-0.2, 0) is 0 Å². The molecule has 0 heterocycles. The van der Waals surface area contributed by atoms with Crippen LogP contribution >= 0.6 is 0 Å². The van der Waals surface area contributed by atoms with Crippen molar-refractivity contribution in [1.29, 1.82) is 0 Å². The van der Waals surface area contributed by atoms with Crippen LogP contribution in [-0.4, -0.2) is 6.04 Å². The Morgan fingerprint density at radius 1 is 0.909 bits per heavy atom. The number of unbranched alkanes of at least 4 members (excludes halogenated alkanes) is 3. The minimum Gasteiger partial charge on any atom is -0.397 e. The third-order valence-corrected chi connectivity index (χ3v) is 8.55. The summed E-state index contributed by atoms with van der Waals surface area (Å²) in [5.74, 6) is 0.838. The molecule has 1 aliphatic rings. The Bertz CT molecular complexity index is 1270. The van der Waals surface area contributed by atoms with Gasteiger partial charge in [-0.2, -0.15) is 0 Å². The molecule has 242 valence electrons. The first kappa shape index (κ1) is 38.8. The molecule has 1 aliphatic carbocycles. The summed E-state index contributed by atoms with van der Waals surface area (Å²) in [6, 6.07) is 13.5. The maximum atomic E-state index is 6.53. The Labute approximate surface area is 272 Å². The summed E-state index contributed by atoms with van der Waals surface area (Å²) in [4.78, 5) is 0. The lowest BCUT2D eigenvalue weighted by molar-refractivity contribution is 0.361. The summed E-state index contributed by atoms with van der Waals surface area (Å²) in [5.41, 5.74) is 19.1. The van der Waals surface area contributed by atoms with Gasteiger partial charge in [0, 0.05) is 6.04 Å². The van der Waals surface area contributed by atoms with Gasteiger partial charge in [-0.3, -0.25) is 0 Å². The van der Waals surface area contributed by atoms with E-state index in [1.54, 1.807) is 0 Å². The highest BCUT2D eigenvalue weighted by Gasteiger charge is 2.19. The van der Waals surface area contributed by atoms with E-state index in [4.69, 9.17) is 5.73 Å². The van der Waals surface area contributed by atoms with Crippen molar-refractivity contribution < 1.29 is 0 Å². The third kappa shape index (κ3) is 12.4. The molecule has 44 heavy (non-hydrogen) atoms. The first-order valence-corrected chi connectivity index (χ1v) is 17.1. The van der Waals surface area contributed by atoms with E-state index in [-0.39, 0.29) is 0 Å². The Balaban J connectivity index is 0.00000108. The summed E-state index contributed by atoms with van der Waals surface area (Å²) < 4.78 is 0. The largest absolute Gasteiger partial charge is 0.397 e. The Hall–Kier alpha value is -3.26. The molecule has 3 rings (SSSR count). The van der Waals surface area contributed by atoms with Crippen molar-refractivity contribution in [1.82, 2.24) is 0 Å². The molecule has 0 spiro atoms. The van der Waals surface area contributed by atoms with Crippen molar-refractivity contribution in [2.45, 2.75) is 127 Å². The number of nitrogens with one attached hydrogen (secondary N) is 1. The van der Waals surface area contributed by atoms with Gasteiger partial charge >= 0.3 is 0 Å². The average molecular weight is 597 g/mol. The van der Waals surface area contributed by atoms with Gasteiger partial charge in [-0.05, 0) is 123 Å². The topological polar surface area (TPSA) is 38.0 Å². The van der Waals surface area contributed by atoms with Gasteiger partial charge < -0.3 is 11.1 Å². The molecule has 1 fully saturated rings. The SMILES string of the molecule is C=C\C=C(/C(C)=C(C)/C=C(\C)c1ccc(C(=C)C)cc1C)c1ccc(NC2CCC(C)CC2)c(N)c1.CC.CCCCCC. The number of hydrogen-bond acceptors (Lipinski definition) is 2. The molecule has 2 aromatic carbocycles. The number of rotatable bonds is 11.